The average Bonchev–Trinajstić information content (AvgIpc) is 3.81. The van der Waals surface area contributed by atoms with Crippen molar-refractivity contribution in [2.24, 2.45) is 34.6 Å². The van der Waals surface area contributed by atoms with E-state index >= 15 is 0 Å². The van der Waals surface area contributed by atoms with Crippen LogP contribution in [0.4, 0.5) is 34.6 Å². The van der Waals surface area contributed by atoms with Gasteiger partial charge in [-0.25, -0.2) is 28.9 Å². The first-order valence-corrected chi connectivity index (χ1v) is 15.1. The minimum atomic E-state index is -0.611. The van der Waals surface area contributed by atoms with E-state index in [9.17, 15) is 9.59 Å². The van der Waals surface area contributed by atoms with Crippen LogP contribution in [0.1, 0.15) is 73.6 Å². The van der Waals surface area contributed by atoms with Gasteiger partial charge in [0.1, 0.15) is 17.5 Å². The third-order valence-electron chi connectivity index (χ3n) is 7.40. The molecule has 20 nitrogen and oxygen atoms in total. The summed E-state index contributed by atoms with van der Waals surface area (Å²) in [6.45, 7) is 11.7. The Morgan fingerprint density at radius 2 is 1.06 bits per heavy atom. The van der Waals surface area contributed by atoms with Gasteiger partial charge in [0.15, 0.2) is 46.3 Å². The molecule has 5 aromatic rings. The van der Waals surface area contributed by atoms with Crippen molar-refractivity contribution in [2.75, 3.05) is 25.7 Å². The SMILES string of the molecule is COC(=O)c1cnn(C)c1/N=N/c1c(C(C)(C)C)nn(-c2cc(-n3nc(C(C)(C)C)c(/N=N/c4c(C(=O)OC)cnn4C)c3N)ncn2)c1N. The van der Waals surface area contributed by atoms with Crippen molar-refractivity contribution in [3.05, 3.63) is 47.3 Å². The van der Waals surface area contributed by atoms with Crippen molar-refractivity contribution < 1.29 is 19.1 Å². The highest BCUT2D eigenvalue weighted by atomic mass is 16.5. The normalized spacial score (nSPS) is 12.4. The summed E-state index contributed by atoms with van der Waals surface area (Å²) in [7, 11) is 5.78. The number of hydrogen-bond donors (Lipinski definition) is 2. The Hall–Kier alpha value is -6.34. The number of esters is 2. The minimum Gasteiger partial charge on any atom is -0.465 e. The molecular formula is C30H38N16O4. The van der Waals surface area contributed by atoms with Crippen molar-refractivity contribution in [1.29, 1.82) is 0 Å². The quantitative estimate of drug-likeness (QED) is 0.169. The van der Waals surface area contributed by atoms with Crippen LogP contribution in [-0.4, -0.2) is 75.2 Å². The largest absolute Gasteiger partial charge is 0.465 e. The van der Waals surface area contributed by atoms with Crippen LogP contribution in [0.2, 0.25) is 0 Å². The molecule has 0 aromatic carbocycles. The van der Waals surface area contributed by atoms with E-state index in [-0.39, 0.29) is 57.4 Å². The number of nitrogens with zero attached hydrogens (tertiary/aromatic N) is 14. The maximum absolute atomic E-state index is 12.3. The van der Waals surface area contributed by atoms with Crippen molar-refractivity contribution >= 4 is 46.6 Å². The van der Waals surface area contributed by atoms with Gasteiger partial charge in [-0.3, -0.25) is 0 Å². The smallest absolute Gasteiger partial charge is 0.343 e. The molecule has 0 fully saturated rings. The molecule has 0 aliphatic heterocycles. The lowest BCUT2D eigenvalue weighted by molar-refractivity contribution is 0.0592. The standard InChI is InChI=1S/C30H38N16O4/c1-29(2,3)21-19(37-39-25-15(27(47)49-9)12-35-43(25)7)23(31)45(41-21)17-11-18(34-14-33-17)46-24(32)20(22(42-46)30(4,5)6)38-40-26-16(28(48)50-10)13-36-44(26)8/h11-14H,31-32H2,1-10H3/b39-37+,40-38+. The summed E-state index contributed by atoms with van der Waals surface area (Å²) in [6.07, 6.45) is 4.01. The topological polar surface area (TPSA) is 251 Å². The van der Waals surface area contributed by atoms with E-state index in [0.717, 1.165) is 0 Å². The Labute approximate surface area is 286 Å². The highest BCUT2D eigenvalue weighted by Crippen LogP contribution is 2.40. The molecule has 0 bridgehead atoms. The number of nitrogens with two attached hydrogens (primary N) is 2. The van der Waals surface area contributed by atoms with Gasteiger partial charge in [0.2, 0.25) is 0 Å². The molecule has 20 heteroatoms. The van der Waals surface area contributed by atoms with E-state index < -0.39 is 22.8 Å². The van der Waals surface area contributed by atoms with Gasteiger partial charge in [-0.2, -0.15) is 29.8 Å². The van der Waals surface area contributed by atoms with Crippen molar-refractivity contribution in [2.45, 2.75) is 52.4 Å². The van der Waals surface area contributed by atoms with Crippen LogP contribution in [0.25, 0.3) is 11.6 Å². The molecule has 0 unspecified atom stereocenters. The number of rotatable bonds is 8. The van der Waals surface area contributed by atoms with Gasteiger partial charge in [-0.05, 0) is 0 Å². The number of methoxy groups -OCH3 is 2. The molecule has 4 N–H and O–H groups in total. The zero-order chi connectivity index (χ0) is 36.7. The molecule has 5 aromatic heterocycles. The van der Waals surface area contributed by atoms with Gasteiger partial charge in [-0.15, -0.1) is 20.5 Å². The molecular weight excluding hydrogens is 648 g/mol. The molecule has 0 aliphatic rings. The second kappa shape index (κ2) is 12.9. The molecule has 0 atom stereocenters. The Balaban J connectivity index is 1.60. The number of azo groups is 2. The lowest BCUT2D eigenvalue weighted by Crippen LogP contribution is -2.14. The zero-order valence-electron chi connectivity index (χ0n) is 29.4. The monoisotopic (exact) mass is 686 g/mol. The van der Waals surface area contributed by atoms with Crippen LogP contribution in [0.15, 0.2) is 45.2 Å². The molecule has 5 rings (SSSR count). The summed E-state index contributed by atoms with van der Waals surface area (Å²) in [5, 5.41) is 35.1. The first-order valence-electron chi connectivity index (χ1n) is 15.1. The first kappa shape index (κ1) is 35.0. The highest BCUT2D eigenvalue weighted by Gasteiger charge is 2.30. The van der Waals surface area contributed by atoms with Gasteiger partial charge in [0, 0.05) is 31.0 Å². The van der Waals surface area contributed by atoms with Crippen LogP contribution >= 0.6 is 0 Å². The van der Waals surface area contributed by atoms with Gasteiger partial charge in [0.05, 0.1) is 38.0 Å². The van der Waals surface area contributed by atoms with Crippen molar-refractivity contribution in [1.82, 2.24) is 49.1 Å². The minimum absolute atomic E-state index is 0.126. The molecule has 0 amide bonds. The Kier molecular flexibility index (Phi) is 9.05. The number of aryl methyl sites for hydroxylation is 2. The second-order valence-electron chi connectivity index (χ2n) is 13.1. The second-order valence-corrected chi connectivity index (χ2v) is 13.1. The first-order chi connectivity index (χ1) is 23.5. The molecule has 5 heterocycles. The zero-order valence-corrected chi connectivity index (χ0v) is 29.4. The van der Waals surface area contributed by atoms with Crippen LogP contribution in [0, 0.1) is 0 Å². The summed E-state index contributed by atoms with van der Waals surface area (Å²) in [6, 6.07) is 1.60. The number of aromatic nitrogens is 10. The fraction of sp³-hybridized carbons (Fsp3) is 0.400. The van der Waals surface area contributed by atoms with Crippen LogP contribution in [-0.2, 0) is 34.4 Å². The van der Waals surface area contributed by atoms with Crippen LogP contribution < -0.4 is 11.5 Å². The van der Waals surface area contributed by atoms with Gasteiger partial charge < -0.3 is 20.9 Å². The van der Waals surface area contributed by atoms with Gasteiger partial charge in [-0.1, -0.05) is 41.5 Å². The lowest BCUT2D eigenvalue weighted by Gasteiger charge is -2.15. The van der Waals surface area contributed by atoms with Gasteiger partial charge >= 0.3 is 11.9 Å². The molecule has 0 radical (unpaired) electrons. The number of carbonyl (C=O) groups excluding carboxylic acids is 2. The molecule has 262 valence electrons. The highest BCUT2D eigenvalue weighted by molar-refractivity contribution is 5.94. The molecule has 0 saturated carbocycles. The number of nitrogen functional groups attached to an aromatic ring is 2. The summed E-state index contributed by atoms with van der Waals surface area (Å²) < 4.78 is 15.3. The van der Waals surface area contributed by atoms with Crippen LogP contribution in [0.3, 0.4) is 0 Å². The summed E-state index contributed by atoms with van der Waals surface area (Å²) in [5.41, 5.74) is 14.1. The van der Waals surface area contributed by atoms with E-state index in [1.54, 1.807) is 20.2 Å². The van der Waals surface area contributed by atoms with Gasteiger partial charge in [0.25, 0.3) is 0 Å². The molecule has 50 heavy (non-hydrogen) atoms. The molecule has 0 spiro atoms. The number of hydrogen-bond acceptors (Lipinski definition) is 16. The average molecular weight is 687 g/mol. The predicted octanol–water partition coefficient (Wildman–Crippen LogP) is 4.48. The number of carbonyl (C=O) groups is 2. The third-order valence-corrected chi connectivity index (χ3v) is 7.40. The molecule has 0 saturated heterocycles. The summed E-state index contributed by atoms with van der Waals surface area (Å²) >= 11 is 0. The summed E-state index contributed by atoms with van der Waals surface area (Å²) in [4.78, 5) is 33.4. The van der Waals surface area contributed by atoms with E-state index in [1.807, 2.05) is 41.5 Å². The summed E-state index contributed by atoms with van der Waals surface area (Å²) in [5.74, 6) is -0.0566. The maximum Gasteiger partial charge on any atom is 0.343 e. The van der Waals surface area contributed by atoms with Crippen LogP contribution in [0.5, 0.6) is 0 Å². The maximum atomic E-state index is 12.3. The Bertz CT molecular complexity index is 2010. The Morgan fingerprint density at radius 1 is 0.680 bits per heavy atom. The van der Waals surface area contributed by atoms with E-state index in [0.29, 0.717) is 11.4 Å². The van der Waals surface area contributed by atoms with E-state index in [1.165, 1.54) is 51.7 Å². The molecule has 0 aliphatic carbocycles. The third kappa shape index (κ3) is 6.41. The fourth-order valence-corrected chi connectivity index (χ4v) is 4.77. The van der Waals surface area contributed by atoms with Crippen molar-refractivity contribution in [3.63, 3.8) is 0 Å². The van der Waals surface area contributed by atoms with Crippen molar-refractivity contribution in [3.8, 4) is 11.6 Å². The van der Waals surface area contributed by atoms with E-state index in [2.05, 4.69) is 40.6 Å². The fourth-order valence-electron chi connectivity index (χ4n) is 4.77. The number of ether oxygens (including phenoxy) is 2. The lowest BCUT2D eigenvalue weighted by atomic mass is 9.91. The Morgan fingerprint density at radius 3 is 1.40 bits per heavy atom. The number of anilines is 2. The predicted molar refractivity (Wildman–Crippen MR) is 180 cm³/mol. The van der Waals surface area contributed by atoms with E-state index in [4.69, 9.17) is 31.1 Å².